The predicted octanol–water partition coefficient (Wildman–Crippen LogP) is 3.22. The molecule has 0 heterocycles. The summed E-state index contributed by atoms with van der Waals surface area (Å²) in [5.74, 6) is -0.694. The predicted molar refractivity (Wildman–Crippen MR) is 112 cm³/mol. The highest BCUT2D eigenvalue weighted by molar-refractivity contribution is 5.95. The van der Waals surface area contributed by atoms with Crippen LogP contribution >= 0.6 is 0 Å². The van der Waals surface area contributed by atoms with E-state index in [1.165, 1.54) is 48.5 Å². The maximum absolute atomic E-state index is 12.6. The first kappa shape index (κ1) is 21.9. The highest BCUT2D eigenvalue weighted by atomic mass is 16.6. The summed E-state index contributed by atoms with van der Waals surface area (Å²) < 4.78 is 0. The van der Waals surface area contributed by atoms with Gasteiger partial charge < -0.3 is 10.6 Å². The van der Waals surface area contributed by atoms with Crippen LogP contribution in [0.3, 0.4) is 0 Å². The lowest BCUT2D eigenvalue weighted by Crippen LogP contribution is -2.52. The number of amides is 2. The topological polar surface area (TPSA) is 144 Å². The summed E-state index contributed by atoms with van der Waals surface area (Å²) in [6.45, 7) is 1.95. The van der Waals surface area contributed by atoms with E-state index >= 15 is 0 Å². The van der Waals surface area contributed by atoms with Gasteiger partial charge in [-0.2, -0.15) is 0 Å². The van der Waals surface area contributed by atoms with Crippen LogP contribution in [-0.4, -0.2) is 33.7 Å². The van der Waals surface area contributed by atoms with Crippen molar-refractivity contribution >= 4 is 23.2 Å². The Kier molecular flexibility index (Phi) is 6.58. The SMILES string of the molecule is CC1C(NC(=O)c2ccc([N+](=O)[O-])cc2)CCCC1NC(=O)c1ccc([N+](=O)[O-])cc1. The number of nitrogens with one attached hydrogen (secondary N) is 2. The zero-order valence-electron chi connectivity index (χ0n) is 16.8. The normalized spacial score (nSPS) is 20.5. The fraction of sp³-hybridized carbons (Fsp3) is 0.333. The Morgan fingerprint density at radius 2 is 1.13 bits per heavy atom. The van der Waals surface area contributed by atoms with Crippen LogP contribution in [0.1, 0.15) is 46.9 Å². The van der Waals surface area contributed by atoms with E-state index in [4.69, 9.17) is 0 Å². The highest BCUT2D eigenvalue weighted by Gasteiger charge is 2.32. The molecule has 1 aliphatic carbocycles. The molecule has 10 heteroatoms. The molecule has 10 nitrogen and oxygen atoms in total. The third kappa shape index (κ3) is 5.21. The molecule has 0 saturated heterocycles. The molecule has 2 atom stereocenters. The summed E-state index contributed by atoms with van der Waals surface area (Å²) in [5.41, 5.74) is 0.484. The Bertz CT molecular complexity index is 910. The van der Waals surface area contributed by atoms with Crippen LogP contribution in [-0.2, 0) is 0 Å². The molecule has 2 N–H and O–H groups in total. The van der Waals surface area contributed by atoms with Gasteiger partial charge in [-0.1, -0.05) is 6.92 Å². The van der Waals surface area contributed by atoms with Crippen LogP contribution in [0, 0.1) is 26.1 Å². The lowest BCUT2D eigenvalue weighted by atomic mass is 9.81. The van der Waals surface area contributed by atoms with Crippen LogP contribution < -0.4 is 10.6 Å². The molecule has 2 aromatic rings. The second-order valence-electron chi connectivity index (χ2n) is 7.56. The molecule has 2 aromatic carbocycles. The molecule has 2 unspecified atom stereocenters. The average molecular weight is 426 g/mol. The van der Waals surface area contributed by atoms with Crippen LogP contribution in [0.25, 0.3) is 0 Å². The number of benzene rings is 2. The third-order valence-corrected chi connectivity index (χ3v) is 5.61. The molecule has 3 rings (SSSR count). The Morgan fingerprint density at radius 3 is 1.45 bits per heavy atom. The molecule has 2 amide bonds. The molecule has 0 spiro atoms. The first-order valence-corrected chi connectivity index (χ1v) is 9.87. The van der Waals surface area contributed by atoms with Crippen LogP contribution in [0.4, 0.5) is 11.4 Å². The van der Waals surface area contributed by atoms with E-state index in [-0.39, 0.29) is 41.2 Å². The summed E-state index contributed by atoms with van der Waals surface area (Å²) in [6, 6.07) is 10.4. The Morgan fingerprint density at radius 1 is 0.774 bits per heavy atom. The van der Waals surface area contributed by atoms with Crippen molar-refractivity contribution < 1.29 is 19.4 Å². The number of rotatable bonds is 6. The molecule has 1 fully saturated rings. The summed E-state index contributed by atoms with van der Waals surface area (Å²) in [7, 11) is 0. The van der Waals surface area contributed by atoms with Crippen molar-refractivity contribution in [3.05, 3.63) is 79.9 Å². The fourth-order valence-electron chi connectivity index (χ4n) is 3.74. The van der Waals surface area contributed by atoms with Crippen molar-refractivity contribution in [3.8, 4) is 0 Å². The van der Waals surface area contributed by atoms with Crippen molar-refractivity contribution in [2.45, 2.75) is 38.3 Å². The first-order chi connectivity index (χ1) is 14.8. The number of nitrogens with zero attached hydrogens (tertiary/aromatic N) is 2. The first-order valence-electron chi connectivity index (χ1n) is 9.87. The quantitative estimate of drug-likeness (QED) is 0.536. The Labute approximate surface area is 177 Å². The fourth-order valence-corrected chi connectivity index (χ4v) is 3.74. The summed E-state index contributed by atoms with van der Waals surface area (Å²) in [6.07, 6.45) is 2.31. The minimum absolute atomic E-state index is 0.0438. The number of non-ortho nitro benzene ring substituents is 2. The summed E-state index contributed by atoms with van der Waals surface area (Å²) >= 11 is 0. The molecule has 31 heavy (non-hydrogen) atoms. The molecule has 0 bridgehead atoms. The third-order valence-electron chi connectivity index (χ3n) is 5.61. The van der Waals surface area contributed by atoms with Gasteiger partial charge in [-0.15, -0.1) is 0 Å². The van der Waals surface area contributed by atoms with Crippen LogP contribution in [0.15, 0.2) is 48.5 Å². The van der Waals surface area contributed by atoms with Crippen LogP contribution in [0.5, 0.6) is 0 Å². The van der Waals surface area contributed by atoms with Crippen molar-refractivity contribution in [2.75, 3.05) is 0 Å². The molecule has 1 saturated carbocycles. The second kappa shape index (κ2) is 9.33. The van der Waals surface area contributed by atoms with Crippen molar-refractivity contribution in [3.63, 3.8) is 0 Å². The number of hydrogen-bond acceptors (Lipinski definition) is 6. The van der Waals surface area contributed by atoms with Crippen LogP contribution in [0.2, 0.25) is 0 Å². The molecule has 1 aliphatic rings. The number of hydrogen-bond donors (Lipinski definition) is 2. The smallest absolute Gasteiger partial charge is 0.269 e. The largest absolute Gasteiger partial charge is 0.349 e. The van der Waals surface area contributed by atoms with Gasteiger partial charge in [-0.3, -0.25) is 29.8 Å². The maximum atomic E-state index is 12.6. The average Bonchev–Trinajstić information content (AvgIpc) is 2.76. The highest BCUT2D eigenvalue weighted by Crippen LogP contribution is 2.26. The van der Waals surface area contributed by atoms with Gasteiger partial charge in [-0.05, 0) is 49.4 Å². The second-order valence-corrected chi connectivity index (χ2v) is 7.56. The molecular weight excluding hydrogens is 404 g/mol. The molecular formula is C21H22N4O6. The van der Waals surface area contributed by atoms with Gasteiger partial charge in [0.15, 0.2) is 0 Å². The van der Waals surface area contributed by atoms with E-state index in [2.05, 4.69) is 10.6 Å². The van der Waals surface area contributed by atoms with Crippen molar-refractivity contribution in [1.29, 1.82) is 0 Å². The minimum atomic E-state index is -0.525. The van der Waals surface area contributed by atoms with Gasteiger partial charge in [0.2, 0.25) is 0 Å². The van der Waals surface area contributed by atoms with E-state index < -0.39 is 9.85 Å². The molecule has 162 valence electrons. The lowest BCUT2D eigenvalue weighted by Gasteiger charge is -2.37. The number of nitro benzene ring substituents is 2. The maximum Gasteiger partial charge on any atom is 0.269 e. The van der Waals surface area contributed by atoms with Gasteiger partial charge >= 0.3 is 0 Å². The molecule has 0 aliphatic heterocycles. The van der Waals surface area contributed by atoms with Crippen molar-refractivity contribution in [1.82, 2.24) is 10.6 Å². The lowest BCUT2D eigenvalue weighted by molar-refractivity contribution is -0.385. The monoisotopic (exact) mass is 426 g/mol. The number of nitro groups is 2. The summed E-state index contributed by atoms with van der Waals surface area (Å²) in [5, 5.41) is 27.4. The zero-order chi connectivity index (χ0) is 22.5. The van der Waals surface area contributed by atoms with E-state index in [0.717, 1.165) is 19.3 Å². The number of carbonyl (C=O) groups is 2. The Balaban J connectivity index is 1.61. The Hall–Kier alpha value is -3.82. The molecule has 0 radical (unpaired) electrons. The van der Waals surface area contributed by atoms with Gasteiger partial charge in [0, 0.05) is 47.5 Å². The van der Waals surface area contributed by atoms with E-state index in [1.807, 2.05) is 6.92 Å². The van der Waals surface area contributed by atoms with E-state index in [1.54, 1.807) is 0 Å². The van der Waals surface area contributed by atoms with Crippen molar-refractivity contribution in [2.24, 2.45) is 5.92 Å². The zero-order valence-corrected chi connectivity index (χ0v) is 16.8. The van der Waals surface area contributed by atoms with Gasteiger partial charge in [0.1, 0.15) is 0 Å². The number of carbonyl (C=O) groups excluding carboxylic acids is 2. The van der Waals surface area contributed by atoms with Gasteiger partial charge in [0.05, 0.1) is 9.85 Å². The van der Waals surface area contributed by atoms with Gasteiger partial charge in [0.25, 0.3) is 23.2 Å². The minimum Gasteiger partial charge on any atom is -0.349 e. The molecule has 0 aromatic heterocycles. The van der Waals surface area contributed by atoms with Gasteiger partial charge in [-0.25, -0.2) is 0 Å². The summed E-state index contributed by atoms with van der Waals surface area (Å²) in [4.78, 5) is 45.6. The standard InChI is InChI=1S/C21H22N4O6/c1-13-18(22-20(26)14-5-9-16(10-6-14)24(28)29)3-2-4-19(13)23-21(27)15-7-11-17(12-8-15)25(30)31/h5-13,18-19H,2-4H2,1H3,(H,22,26)(H,23,27). The van der Waals surface area contributed by atoms with E-state index in [0.29, 0.717) is 11.1 Å². The van der Waals surface area contributed by atoms with E-state index in [9.17, 15) is 29.8 Å².